The molecule has 1 unspecified atom stereocenters. The van der Waals surface area contributed by atoms with Gasteiger partial charge in [-0.05, 0) is 32.4 Å². The van der Waals surface area contributed by atoms with E-state index in [1.807, 2.05) is 45.0 Å². The van der Waals surface area contributed by atoms with Crippen molar-refractivity contribution in [3.63, 3.8) is 0 Å². The van der Waals surface area contributed by atoms with Gasteiger partial charge in [-0.2, -0.15) is 0 Å². The third-order valence-corrected chi connectivity index (χ3v) is 4.06. The zero-order chi connectivity index (χ0) is 17.0. The van der Waals surface area contributed by atoms with E-state index in [0.717, 1.165) is 11.1 Å². The number of aliphatic hydroxyl groups is 1. The van der Waals surface area contributed by atoms with E-state index in [1.165, 1.54) is 12.1 Å². The Morgan fingerprint density at radius 1 is 1.17 bits per heavy atom. The van der Waals surface area contributed by atoms with Crippen LogP contribution in [0.5, 0.6) is 0 Å². The normalized spacial score (nSPS) is 12.7. The molecule has 2 aromatic rings. The number of nitrogens with one attached hydrogen (secondary N) is 1. The van der Waals surface area contributed by atoms with Crippen LogP contribution < -0.4 is 5.32 Å². The number of amides is 1. The van der Waals surface area contributed by atoms with Gasteiger partial charge in [-0.15, -0.1) is 0 Å². The van der Waals surface area contributed by atoms with Crippen LogP contribution in [0, 0.1) is 12.7 Å². The van der Waals surface area contributed by atoms with Crippen LogP contribution in [0.15, 0.2) is 48.5 Å². The SMILES string of the molecule is Cc1ccc(C(C)(C)C(=O)NCC(O)c2ccccc2F)cc1. The Bertz CT molecular complexity index is 680. The molecule has 0 saturated heterocycles. The maximum absolute atomic E-state index is 13.6. The highest BCUT2D eigenvalue weighted by molar-refractivity contribution is 5.87. The molecule has 122 valence electrons. The summed E-state index contributed by atoms with van der Waals surface area (Å²) in [7, 11) is 0. The number of carbonyl (C=O) groups excluding carboxylic acids is 1. The highest BCUT2D eigenvalue weighted by Crippen LogP contribution is 2.24. The fourth-order valence-electron chi connectivity index (χ4n) is 2.37. The number of halogens is 1. The molecule has 3 nitrogen and oxygen atoms in total. The third-order valence-electron chi connectivity index (χ3n) is 4.06. The van der Waals surface area contributed by atoms with Crippen molar-refractivity contribution in [3.8, 4) is 0 Å². The van der Waals surface area contributed by atoms with Crippen LogP contribution in [-0.2, 0) is 10.2 Å². The van der Waals surface area contributed by atoms with Gasteiger partial charge in [0, 0.05) is 12.1 Å². The predicted molar refractivity (Wildman–Crippen MR) is 88.6 cm³/mol. The summed E-state index contributed by atoms with van der Waals surface area (Å²) >= 11 is 0. The lowest BCUT2D eigenvalue weighted by Crippen LogP contribution is -2.41. The summed E-state index contributed by atoms with van der Waals surface area (Å²) in [4.78, 5) is 12.5. The highest BCUT2D eigenvalue weighted by atomic mass is 19.1. The lowest BCUT2D eigenvalue weighted by molar-refractivity contribution is -0.126. The molecule has 0 radical (unpaired) electrons. The van der Waals surface area contributed by atoms with Crippen molar-refractivity contribution in [1.29, 1.82) is 0 Å². The minimum Gasteiger partial charge on any atom is -0.386 e. The van der Waals surface area contributed by atoms with E-state index >= 15 is 0 Å². The molecule has 0 aliphatic rings. The first-order valence-electron chi connectivity index (χ1n) is 7.60. The Hall–Kier alpha value is -2.20. The van der Waals surface area contributed by atoms with Crippen LogP contribution in [0.4, 0.5) is 4.39 Å². The molecule has 23 heavy (non-hydrogen) atoms. The molecule has 0 aliphatic carbocycles. The van der Waals surface area contributed by atoms with E-state index in [-0.39, 0.29) is 18.0 Å². The van der Waals surface area contributed by atoms with Gasteiger partial charge >= 0.3 is 0 Å². The fraction of sp³-hybridized carbons (Fsp3) is 0.316. The highest BCUT2D eigenvalue weighted by Gasteiger charge is 2.30. The summed E-state index contributed by atoms with van der Waals surface area (Å²) in [6.45, 7) is 5.60. The summed E-state index contributed by atoms with van der Waals surface area (Å²) in [6.07, 6.45) is -1.08. The minimum absolute atomic E-state index is 0.0327. The fourth-order valence-corrected chi connectivity index (χ4v) is 2.37. The molecule has 0 aliphatic heterocycles. The van der Waals surface area contributed by atoms with Gasteiger partial charge in [0.15, 0.2) is 0 Å². The van der Waals surface area contributed by atoms with Gasteiger partial charge in [-0.25, -0.2) is 4.39 Å². The van der Waals surface area contributed by atoms with Crippen molar-refractivity contribution in [2.45, 2.75) is 32.3 Å². The third kappa shape index (κ3) is 3.96. The molecular weight excluding hydrogens is 293 g/mol. The van der Waals surface area contributed by atoms with Crippen molar-refractivity contribution in [3.05, 3.63) is 71.0 Å². The average Bonchev–Trinajstić information content (AvgIpc) is 2.53. The molecule has 0 aromatic heterocycles. The van der Waals surface area contributed by atoms with Gasteiger partial charge in [0.05, 0.1) is 11.5 Å². The number of aryl methyl sites for hydroxylation is 1. The van der Waals surface area contributed by atoms with Crippen molar-refractivity contribution in [1.82, 2.24) is 5.32 Å². The van der Waals surface area contributed by atoms with Crippen molar-refractivity contribution >= 4 is 5.91 Å². The van der Waals surface area contributed by atoms with E-state index in [1.54, 1.807) is 12.1 Å². The minimum atomic E-state index is -1.08. The first-order chi connectivity index (χ1) is 10.8. The average molecular weight is 315 g/mol. The van der Waals surface area contributed by atoms with E-state index in [9.17, 15) is 14.3 Å². The van der Waals surface area contributed by atoms with Gasteiger partial charge in [0.2, 0.25) is 5.91 Å². The number of rotatable bonds is 5. The van der Waals surface area contributed by atoms with E-state index < -0.39 is 17.3 Å². The van der Waals surface area contributed by atoms with Crippen molar-refractivity contribution in [2.24, 2.45) is 0 Å². The Labute approximate surface area is 136 Å². The molecule has 2 rings (SSSR count). The van der Waals surface area contributed by atoms with Gasteiger partial charge in [0.25, 0.3) is 0 Å². The van der Waals surface area contributed by atoms with E-state index in [0.29, 0.717) is 0 Å². The monoisotopic (exact) mass is 315 g/mol. The quantitative estimate of drug-likeness (QED) is 0.890. The smallest absolute Gasteiger partial charge is 0.230 e. The standard InChI is InChI=1S/C19H22FNO2/c1-13-8-10-14(11-9-13)19(2,3)18(23)21-12-17(22)15-6-4-5-7-16(15)20/h4-11,17,22H,12H2,1-3H3,(H,21,23). The second-order valence-corrected chi connectivity index (χ2v) is 6.24. The molecule has 2 aromatic carbocycles. The van der Waals surface area contributed by atoms with Crippen LogP contribution in [-0.4, -0.2) is 17.6 Å². The maximum Gasteiger partial charge on any atom is 0.230 e. The van der Waals surface area contributed by atoms with Crippen molar-refractivity contribution < 1.29 is 14.3 Å². The maximum atomic E-state index is 13.6. The van der Waals surface area contributed by atoms with Crippen LogP contribution >= 0.6 is 0 Å². The van der Waals surface area contributed by atoms with Gasteiger partial charge in [0.1, 0.15) is 5.82 Å². The Balaban J connectivity index is 2.04. The van der Waals surface area contributed by atoms with Crippen LogP contribution in [0.2, 0.25) is 0 Å². The molecule has 0 heterocycles. The molecule has 0 saturated carbocycles. The molecule has 2 N–H and O–H groups in total. The first kappa shape index (κ1) is 17.2. The van der Waals surface area contributed by atoms with Gasteiger partial charge in [-0.3, -0.25) is 4.79 Å². The number of hydrogen-bond donors (Lipinski definition) is 2. The Kier molecular flexibility index (Phi) is 5.16. The lowest BCUT2D eigenvalue weighted by atomic mass is 9.83. The predicted octanol–water partition coefficient (Wildman–Crippen LogP) is 3.26. The summed E-state index contributed by atoms with van der Waals surface area (Å²) in [5.41, 5.74) is 1.46. The number of carbonyl (C=O) groups is 1. The topological polar surface area (TPSA) is 49.3 Å². The number of aliphatic hydroxyl groups excluding tert-OH is 1. The summed E-state index contributed by atoms with van der Waals surface area (Å²) in [5, 5.41) is 12.8. The first-order valence-corrected chi connectivity index (χ1v) is 7.60. The van der Waals surface area contributed by atoms with Gasteiger partial charge in [-0.1, -0.05) is 48.0 Å². The molecule has 4 heteroatoms. The molecular formula is C19H22FNO2. The van der Waals surface area contributed by atoms with Crippen LogP contribution in [0.1, 0.15) is 36.6 Å². The molecule has 1 atom stereocenters. The number of hydrogen-bond acceptors (Lipinski definition) is 2. The van der Waals surface area contributed by atoms with Crippen molar-refractivity contribution in [2.75, 3.05) is 6.54 Å². The summed E-state index contributed by atoms with van der Waals surface area (Å²) < 4.78 is 13.6. The summed E-state index contributed by atoms with van der Waals surface area (Å²) in [5.74, 6) is -0.691. The Morgan fingerprint density at radius 3 is 2.39 bits per heavy atom. The Morgan fingerprint density at radius 2 is 1.78 bits per heavy atom. The largest absolute Gasteiger partial charge is 0.386 e. The second-order valence-electron chi connectivity index (χ2n) is 6.24. The molecule has 1 amide bonds. The zero-order valence-corrected chi connectivity index (χ0v) is 13.6. The molecule has 0 spiro atoms. The molecule has 0 fully saturated rings. The summed E-state index contributed by atoms with van der Waals surface area (Å²) in [6, 6.07) is 13.8. The van der Waals surface area contributed by atoms with Crippen LogP contribution in [0.25, 0.3) is 0 Å². The number of benzene rings is 2. The van der Waals surface area contributed by atoms with Crippen LogP contribution in [0.3, 0.4) is 0 Å². The van der Waals surface area contributed by atoms with E-state index in [4.69, 9.17) is 0 Å². The van der Waals surface area contributed by atoms with E-state index in [2.05, 4.69) is 5.32 Å². The lowest BCUT2D eigenvalue weighted by Gasteiger charge is -2.25. The van der Waals surface area contributed by atoms with Gasteiger partial charge < -0.3 is 10.4 Å². The molecule has 0 bridgehead atoms. The zero-order valence-electron chi connectivity index (χ0n) is 13.6. The second kappa shape index (κ2) is 6.92.